The minimum atomic E-state index is -4.74. The number of hydrogen-bond donors (Lipinski definition) is 2. The molecular weight excluding hydrogens is 451 g/mol. The molecule has 0 spiro atoms. The second kappa shape index (κ2) is 8.53. The lowest BCUT2D eigenvalue weighted by Crippen LogP contribution is -2.39. The summed E-state index contributed by atoms with van der Waals surface area (Å²) in [5.74, 6) is -3.67. The van der Waals surface area contributed by atoms with Crippen molar-refractivity contribution in [1.82, 2.24) is 15.2 Å². The Hall–Kier alpha value is -3.15. The van der Waals surface area contributed by atoms with Crippen LogP contribution >= 0.6 is 11.6 Å². The van der Waals surface area contributed by atoms with Crippen LogP contribution in [-0.4, -0.2) is 47.2 Å². The van der Waals surface area contributed by atoms with Crippen LogP contribution in [0, 0.1) is 11.6 Å². The van der Waals surface area contributed by atoms with Gasteiger partial charge in [0.2, 0.25) is 5.91 Å². The lowest BCUT2D eigenvalue weighted by molar-refractivity contribution is -0.154. The molecule has 13 heteroatoms. The van der Waals surface area contributed by atoms with Crippen molar-refractivity contribution >= 4 is 23.5 Å². The molecule has 3 N–H and O–H groups in total. The number of carbonyl (C=O) groups is 2. The third-order valence-corrected chi connectivity index (χ3v) is 4.59. The first-order valence-electron chi connectivity index (χ1n) is 8.63. The summed E-state index contributed by atoms with van der Waals surface area (Å²) in [6, 6.07) is 2.61. The van der Waals surface area contributed by atoms with E-state index < -0.39 is 48.3 Å². The largest absolute Gasteiger partial charge is 0.466 e. The minimum absolute atomic E-state index is 0.0362. The number of alkyl halides is 3. The third-order valence-electron chi connectivity index (χ3n) is 4.30. The van der Waals surface area contributed by atoms with E-state index in [1.807, 2.05) is 0 Å². The van der Waals surface area contributed by atoms with Crippen LogP contribution in [-0.2, 0) is 11.3 Å². The smallest absolute Gasteiger partial charge is 0.422 e. The molecule has 3 rings (SSSR count). The van der Waals surface area contributed by atoms with Crippen LogP contribution in [0.4, 0.5) is 26.7 Å². The molecule has 1 saturated heterocycles. The molecule has 0 saturated carbocycles. The molecule has 1 aliphatic rings. The number of urea groups is 1. The van der Waals surface area contributed by atoms with Gasteiger partial charge in [0, 0.05) is 5.56 Å². The highest BCUT2D eigenvalue weighted by atomic mass is 35.5. The Morgan fingerprint density at radius 1 is 1.29 bits per heavy atom. The number of halogens is 6. The zero-order valence-corrected chi connectivity index (χ0v) is 16.2. The van der Waals surface area contributed by atoms with Gasteiger partial charge < -0.3 is 20.7 Å². The Bertz CT molecular complexity index is 1030. The summed E-state index contributed by atoms with van der Waals surface area (Å²) in [5, 5.41) is 2.05. The molecule has 1 aliphatic heterocycles. The van der Waals surface area contributed by atoms with Crippen LogP contribution in [0.15, 0.2) is 24.3 Å². The zero-order chi connectivity index (χ0) is 22.9. The molecule has 7 nitrogen and oxygen atoms in total. The van der Waals surface area contributed by atoms with E-state index in [1.165, 1.54) is 12.1 Å². The van der Waals surface area contributed by atoms with Gasteiger partial charge in [0.1, 0.15) is 11.9 Å². The van der Waals surface area contributed by atoms with Crippen LogP contribution in [0.1, 0.15) is 5.69 Å². The van der Waals surface area contributed by atoms with E-state index in [-0.39, 0.29) is 34.9 Å². The number of rotatable bonds is 6. The standard InChI is InChI=1S/C18H14ClF5N4O3/c19-10-3-8(1-2-11(10)20)9-4-12(21)16(31-7-18(22,23)24)26-13(9)5-28-6-14(15(25)29)27-17(28)30/h1-4,14H,5-7H2,(H2,25,29)(H,27,30)/t14-/m0/s1. The Morgan fingerprint density at radius 2 is 2.00 bits per heavy atom. The number of pyridine rings is 1. The van der Waals surface area contributed by atoms with Gasteiger partial charge in [0.15, 0.2) is 12.4 Å². The summed E-state index contributed by atoms with van der Waals surface area (Å²) in [7, 11) is 0. The molecule has 1 aromatic carbocycles. The molecule has 1 atom stereocenters. The number of amides is 3. The number of hydrogen-bond acceptors (Lipinski definition) is 4. The van der Waals surface area contributed by atoms with E-state index >= 15 is 0 Å². The van der Waals surface area contributed by atoms with Gasteiger partial charge in [-0.1, -0.05) is 17.7 Å². The second-order valence-corrected chi connectivity index (χ2v) is 6.99. The second-order valence-electron chi connectivity index (χ2n) is 6.59. The van der Waals surface area contributed by atoms with Gasteiger partial charge in [0.25, 0.3) is 5.88 Å². The minimum Gasteiger partial charge on any atom is -0.466 e. The maximum absolute atomic E-state index is 14.4. The van der Waals surface area contributed by atoms with Crippen molar-refractivity contribution in [2.75, 3.05) is 13.2 Å². The van der Waals surface area contributed by atoms with E-state index in [4.69, 9.17) is 17.3 Å². The molecule has 1 fully saturated rings. The predicted octanol–water partition coefficient (Wildman–Crippen LogP) is 3.00. The van der Waals surface area contributed by atoms with Crippen LogP contribution < -0.4 is 15.8 Å². The van der Waals surface area contributed by atoms with Crippen molar-refractivity contribution in [2.24, 2.45) is 5.73 Å². The molecule has 0 aliphatic carbocycles. The molecule has 31 heavy (non-hydrogen) atoms. The molecule has 0 unspecified atom stereocenters. The number of aromatic nitrogens is 1. The summed E-state index contributed by atoms with van der Waals surface area (Å²) in [6.07, 6.45) is -4.74. The molecular formula is C18H14ClF5N4O3. The lowest BCUT2D eigenvalue weighted by atomic mass is 10.0. The van der Waals surface area contributed by atoms with E-state index in [2.05, 4.69) is 15.0 Å². The fourth-order valence-corrected chi connectivity index (χ4v) is 3.04. The normalized spacial score (nSPS) is 16.4. The highest BCUT2D eigenvalue weighted by Gasteiger charge is 2.34. The highest BCUT2D eigenvalue weighted by molar-refractivity contribution is 6.31. The maximum atomic E-state index is 14.4. The number of ether oxygens (including phenoxy) is 1. The van der Waals surface area contributed by atoms with E-state index in [1.54, 1.807) is 0 Å². The summed E-state index contributed by atoms with van der Waals surface area (Å²) < 4.78 is 69.8. The highest BCUT2D eigenvalue weighted by Crippen LogP contribution is 2.32. The fourth-order valence-electron chi connectivity index (χ4n) is 2.86. The van der Waals surface area contributed by atoms with Crippen LogP contribution in [0.2, 0.25) is 5.02 Å². The van der Waals surface area contributed by atoms with Crippen LogP contribution in [0.5, 0.6) is 5.88 Å². The number of primary amides is 1. The number of carbonyl (C=O) groups excluding carboxylic acids is 2. The SMILES string of the molecule is NC(=O)[C@@H]1CN(Cc2nc(OCC(F)(F)F)c(F)cc2-c2ccc(F)c(Cl)c2)C(=O)N1. The van der Waals surface area contributed by atoms with Gasteiger partial charge in [-0.15, -0.1) is 0 Å². The van der Waals surface area contributed by atoms with Crippen molar-refractivity contribution in [3.8, 4) is 17.0 Å². The van der Waals surface area contributed by atoms with Crippen molar-refractivity contribution in [3.63, 3.8) is 0 Å². The zero-order valence-electron chi connectivity index (χ0n) is 15.5. The van der Waals surface area contributed by atoms with E-state index in [9.17, 15) is 31.5 Å². The van der Waals surface area contributed by atoms with Crippen LogP contribution in [0.3, 0.4) is 0 Å². The van der Waals surface area contributed by atoms with Gasteiger partial charge in [-0.3, -0.25) is 4.79 Å². The Labute approximate surface area is 176 Å². The molecule has 166 valence electrons. The Morgan fingerprint density at radius 3 is 2.58 bits per heavy atom. The lowest BCUT2D eigenvalue weighted by Gasteiger charge is -2.18. The van der Waals surface area contributed by atoms with E-state index in [0.29, 0.717) is 0 Å². The van der Waals surface area contributed by atoms with Gasteiger partial charge >= 0.3 is 12.2 Å². The topological polar surface area (TPSA) is 97.6 Å². The van der Waals surface area contributed by atoms with Gasteiger partial charge in [0.05, 0.1) is 23.8 Å². The average Bonchev–Trinajstić information content (AvgIpc) is 3.04. The Kier molecular flexibility index (Phi) is 6.20. The average molecular weight is 465 g/mol. The first-order chi connectivity index (χ1) is 14.4. The quantitative estimate of drug-likeness (QED) is 0.642. The fraction of sp³-hybridized carbons (Fsp3) is 0.278. The number of benzene rings is 1. The van der Waals surface area contributed by atoms with E-state index in [0.717, 1.165) is 17.0 Å². The van der Waals surface area contributed by atoms with Gasteiger partial charge in [-0.25, -0.2) is 18.6 Å². The van der Waals surface area contributed by atoms with Gasteiger partial charge in [-0.05, 0) is 23.8 Å². The summed E-state index contributed by atoms with van der Waals surface area (Å²) in [4.78, 5) is 28.3. The van der Waals surface area contributed by atoms with Crippen molar-refractivity contribution in [3.05, 3.63) is 46.6 Å². The number of nitrogens with one attached hydrogen (secondary N) is 1. The first-order valence-corrected chi connectivity index (χ1v) is 9.01. The van der Waals surface area contributed by atoms with Crippen LogP contribution in [0.25, 0.3) is 11.1 Å². The van der Waals surface area contributed by atoms with Crippen molar-refractivity contribution in [2.45, 2.75) is 18.8 Å². The molecule has 1 aromatic heterocycles. The molecule has 3 amide bonds. The predicted molar refractivity (Wildman–Crippen MR) is 98.1 cm³/mol. The first kappa shape index (κ1) is 22.5. The number of nitrogens with two attached hydrogens (primary N) is 1. The monoisotopic (exact) mass is 464 g/mol. The summed E-state index contributed by atoms with van der Waals surface area (Å²) in [6.45, 7) is -2.26. The molecule has 0 bridgehead atoms. The Balaban J connectivity index is 2.01. The molecule has 2 aromatic rings. The maximum Gasteiger partial charge on any atom is 0.422 e. The summed E-state index contributed by atoms with van der Waals surface area (Å²) >= 11 is 5.77. The summed E-state index contributed by atoms with van der Waals surface area (Å²) in [5.41, 5.74) is 5.33. The molecule has 2 heterocycles. The van der Waals surface area contributed by atoms with Crippen molar-refractivity contribution in [1.29, 1.82) is 0 Å². The number of nitrogens with zero attached hydrogens (tertiary/aromatic N) is 2. The molecule has 0 radical (unpaired) electrons. The third kappa shape index (κ3) is 5.32. The van der Waals surface area contributed by atoms with Gasteiger partial charge in [-0.2, -0.15) is 13.2 Å². The van der Waals surface area contributed by atoms with Crippen molar-refractivity contribution < 1.29 is 36.3 Å².